The van der Waals surface area contributed by atoms with Crippen molar-refractivity contribution in [2.75, 3.05) is 19.6 Å². The van der Waals surface area contributed by atoms with E-state index >= 15 is 0 Å². The summed E-state index contributed by atoms with van der Waals surface area (Å²) in [7, 11) is 0. The molecule has 2 unspecified atom stereocenters. The molecule has 1 aliphatic heterocycles. The van der Waals surface area contributed by atoms with Gasteiger partial charge in [-0.25, -0.2) is 0 Å². The van der Waals surface area contributed by atoms with Crippen LogP contribution in [-0.4, -0.2) is 41.5 Å². The van der Waals surface area contributed by atoms with Gasteiger partial charge in [0.15, 0.2) is 11.9 Å². The average Bonchev–Trinajstić information content (AvgIpc) is 2.91. The maximum absolute atomic E-state index is 12.5. The van der Waals surface area contributed by atoms with E-state index in [0.717, 1.165) is 6.42 Å². The summed E-state index contributed by atoms with van der Waals surface area (Å²) >= 11 is 5.76. The van der Waals surface area contributed by atoms with Crippen molar-refractivity contribution in [2.24, 2.45) is 11.1 Å². The molecule has 2 atom stereocenters. The highest BCUT2D eigenvalue weighted by Crippen LogP contribution is 2.32. The first kappa shape index (κ1) is 20.5. The Morgan fingerprint density at radius 3 is 2.79 bits per heavy atom. The molecule has 0 saturated carbocycles. The van der Waals surface area contributed by atoms with Crippen molar-refractivity contribution in [3.05, 3.63) is 33.3 Å². The van der Waals surface area contributed by atoms with E-state index in [4.69, 9.17) is 22.1 Å². The number of rotatable bonds is 5. The van der Waals surface area contributed by atoms with E-state index in [0.29, 0.717) is 19.6 Å². The monoisotopic (exact) mass is 377 g/mol. The minimum Gasteiger partial charge on any atom is -0.474 e. The third-order valence-corrected chi connectivity index (χ3v) is 4.37. The lowest BCUT2D eigenvalue weighted by atomic mass is 9.90. The van der Waals surface area contributed by atoms with Crippen LogP contribution in [0.3, 0.4) is 0 Å². The van der Waals surface area contributed by atoms with Crippen molar-refractivity contribution >= 4 is 35.6 Å². The zero-order valence-electron chi connectivity index (χ0n) is 13.5. The fraction of sp³-hybridized carbons (Fsp3) is 0.533. The number of nitrogens with zero attached hydrogens (tertiary/aromatic N) is 2. The van der Waals surface area contributed by atoms with Crippen molar-refractivity contribution < 1.29 is 14.5 Å². The fourth-order valence-corrected chi connectivity index (χ4v) is 2.78. The molecule has 134 valence electrons. The van der Waals surface area contributed by atoms with Crippen molar-refractivity contribution in [3.63, 3.8) is 0 Å². The number of likely N-dealkylation sites (tertiary alicyclic amines) is 1. The molecule has 0 radical (unpaired) electrons. The summed E-state index contributed by atoms with van der Waals surface area (Å²) in [6.45, 7) is 5.31. The molecule has 2 N–H and O–H groups in total. The van der Waals surface area contributed by atoms with Gasteiger partial charge in [0.25, 0.3) is 5.91 Å². The molecule has 1 fully saturated rings. The van der Waals surface area contributed by atoms with Gasteiger partial charge in [-0.3, -0.25) is 14.9 Å². The van der Waals surface area contributed by atoms with Gasteiger partial charge in [0.05, 0.1) is 4.92 Å². The second kappa shape index (κ2) is 8.00. The van der Waals surface area contributed by atoms with Gasteiger partial charge in [0.2, 0.25) is 0 Å². The summed E-state index contributed by atoms with van der Waals surface area (Å²) in [6, 6.07) is 4.09. The molecule has 0 bridgehead atoms. The Morgan fingerprint density at radius 1 is 1.58 bits per heavy atom. The van der Waals surface area contributed by atoms with Gasteiger partial charge in [-0.15, -0.1) is 12.4 Å². The van der Waals surface area contributed by atoms with E-state index < -0.39 is 11.0 Å². The van der Waals surface area contributed by atoms with Crippen LogP contribution in [0.25, 0.3) is 0 Å². The Kier molecular flexibility index (Phi) is 6.83. The minimum absolute atomic E-state index is 0. The number of hydrogen-bond acceptors (Lipinski definition) is 5. The third-order valence-electron chi connectivity index (χ3n) is 4.13. The number of carbonyl (C=O) groups excluding carboxylic acids is 1. The molecular weight excluding hydrogens is 357 g/mol. The number of nitro benzene ring substituents is 1. The van der Waals surface area contributed by atoms with Gasteiger partial charge in [0, 0.05) is 24.2 Å². The summed E-state index contributed by atoms with van der Waals surface area (Å²) in [6.07, 6.45) is 0.0123. The molecule has 1 amide bonds. The quantitative estimate of drug-likeness (QED) is 0.627. The molecule has 1 heterocycles. The number of halogens is 2. The zero-order valence-corrected chi connectivity index (χ0v) is 15.1. The first-order valence-electron chi connectivity index (χ1n) is 7.35. The maximum Gasteiger partial charge on any atom is 0.312 e. The Hall–Kier alpha value is -1.57. The van der Waals surface area contributed by atoms with Crippen LogP contribution < -0.4 is 10.5 Å². The smallest absolute Gasteiger partial charge is 0.312 e. The van der Waals surface area contributed by atoms with Gasteiger partial charge in [-0.2, -0.15) is 0 Å². The molecule has 9 heteroatoms. The molecule has 0 aliphatic carbocycles. The van der Waals surface area contributed by atoms with Gasteiger partial charge in [0.1, 0.15) is 0 Å². The van der Waals surface area contributed by atoms with Crippen molar-refractivity contribution in [2.45, 2.75) is 26.4 Å². The molecule has 7 nitrogen and oxygen atoms in total. The van der Waals surface area contributed by atoms with Gasteiger partial charge >= 0.3 is 5.69 Å². The van der Waals surface area contributed by atoms with E-state index in [2.05, 4.69) is 0 Å². The molecule has 24 heavy (non-hydrogen) atoms. The van der Waals surface area contributed by atoms with Crippen LogP contribution in [0.1, 0.15) is 20.3 Å². The van der Waals surface area contributed by atoms with Gasteiger partial charge in [-0.05, 0) is 37.4 Å². The molecule has 1 aliphatic rings. The summed E-state index contributed by atoms with van der Waals surface area (Å²) in [5.74, 6) is -0.174. The van der Waals surface area contributed by atoms with Crippen LogP contribution in [-0.2, 0) is 4.79 Å². The lowest BCUT2D eigenvalue weighted by Gasteiger charge is -2.25. The van der Waals surface area contributed by atoms with E-state index in [1.54, 1.807) is 11.8 Å². The molecule has 0 aromatic heterocycles. The van der Waals surface area contributed by atoms with E-state index in [-0.39, 0.29) is 40.2 Å². The molecule has 1 saturated heterocycles. The first-order chi connectivity index (χ1) is 10.8. The van der Waals surface area contributed by atoms with Crippen molar-refractivity contribution in [1.82, 2.24) is 4.90 Å². The molecule has 1 aromatic carbocycles. The number of hydrogen-bond donors (Lipinski definition) is 1. The Morgan fingerprint density at radius 2 is 2.25 bits per heavy atom. The highest BCUT2D eigenvalue weighted by atomic mass is 35.5. The predicted octanol–water partition coefficient (Wildman–Crippen LogP) is 2.63. The standard InChI is InChI=1S/C15H20ClN3O4.ClH/c1-10(14(20)18-6-5-15(2,8-17)9-18)23-13-4-3-11(16)7-12(13)19(21)22;/h3-4,7,10H,5-6,8-9,17H2,1-2H3;1H. The van der Waals surface area contributed by atoms with Crippen LogP contribution >= 0.6 is 24.0 Å². The number of amides is 1. The van der Waals surface area contributed by atoms with Crippen LogP contribution in [0.2, 0.25) is 5.02 Å². The van der Waals surface area contributed by atoms with Gasteiger partial charge in [-0.1, -0.05) is 18.5 Å². The number of benzene rings is 1. The predicted molar refractivity (Wildman–Crippen MR) is 93.8 cm³/mol. The van der Waals surface area contributed by atoms with Crippen molar-refractivity contribution in [3.8, 4) is 5.75 Å². The summed E-state index contributed by atoms with van der Waals surface area (Å²) in [5.41, 5.74) is 5.40. The summed E-state index contributed by atoms with van der Waals surface area (Å²) in [4.78, 5) is 24.6. The summed E-state index contributed by atoms with van der Waals surface area (Å²) in [5, 5.41) is 11.3. The molecule has 2 rings (SSSR count). The van der Waals surface area contributed by atoms with E-state index in [1.165, 1.54) is 18.2 Å². The second-order valence-corrected chi connectivity index (χ2v) is 6.59. The highest BCUT2D eigenvalue weighted by Gasteiger charge is 2.37. The lowest BCUT2D eigenvalue weighted by molar-refractivity contribution is -0.386. The Balaban J connectivity index is 0.00000288. The Labute approximate surface area is 151 Å². The third kappa shape index (κ3) is 4.49. The van der Waals surface area contributed by atoms with Crippen molar-refractivity contribution in [1.29, 1.82) is 0 Å². The van der Waals surface area contributed by atoms with Crippen LogP contribution in [0, 0.1) is 15.5 Å². The lowest BCUT2D eigenvalue weighted by Crippen LogP contribution is -2.41. The molecular formula is C15H21Cl2N3O4. The number of carbonyl (C=O) groups is 1. The van der Waals surface area contributed by atoms with Crippen LogP contribution in [0.15, 0.2) is 18.2 Å². The SMILES string of the molecule is CC(Oc1ccc(Cl)cc1[N+](=O)[O-])C(=O)N1CCC(C)(CN)C1.Cl. The highest BCUT2D eigenvalue weighted by molar-refractivity contribution is 6.30. The minimum atomic E-state index is -0.824. The summed E-state index contributed by atoms with van der Waals surface area (Å²) < 4.78 is 5.52. The van der Waals surface area contributed by atoms with E-state index in [9.17, 15) is 14.9 Å². The first-order valence-corrected chi connectivity index (χ1v) is 7.73. The largest absolute Gasteiger partial charge is 0.474 e. The van der Waals surface area contributed by atoms with Crippen LogP contribution in [0.4, 0.5) is 5.69 Å². The average molecular weight is 378 g/mol. The topological polar surface area (TPSA) is 98.7 Å². The normalized spacial score (nSPS) is 21.1. The fourth-order valence-electron chi connectivity index (χ4n) is 2.61. The van der Waals surface area contributed by atoms with E-state index in [1.807, 2.05) is 6.92 Å². The van der Waals surface area contributed by atoms with Crippen LogP contribution in [0.5, 0.6) is 5.75 Å². The number of nitro groups is 1. The second-order valence-electron chi connectivity index (χ2n) is 6.15. The van der Waals surface area contributed by atoms with Gasteiger partial charge < -0.3 is 15.4 Å². The number of ether oxygens (including phenoxy) is 1. The number of nitrogens with two attached hydrogens (primary N) is 1. The molecule has 0 spiro atoms. The maximum atomic E-state index is 12.5. The zero-order chi connectivity index (χ0) is 17.2. The molecule has 1 aromatic rings. The Bertz CT molecular complexity index is 629.